The van der Waals surface area contributed by atoms with Crippen molar-refractivity contribution in [3.63, 3.8) is 0 Å². The van der Waals surface area contributed by atoms with Gasteiger partial charge in [0.05, 0.1) is 0 Å². The van der Waals surface area contributed by atoms with Crippen LogP contribution in [-0.4, -0.2) is 45.0 Å². The van der Waals surface area contributed by atoms with Gasteiger partial charge >= 0.3 is 5.97 Å². The van der Waals surface area contributed by atoms with Crippen molar-refractivity contribution in [1.82, 2.24) is 10.2 Å². The number of thioether (sulfide) groups is 2. The largest absolute Gasteiger partial charge is 0.477 e. The second kappa shape index (κ2) is 9.29. The molecule has 6 rings (SSSR count). The fourth-order valence-corrected chi connectivity index (χ4v) is 7.32. The van der Waals surface area contributed by atoms with Gasteiger partial charge in [0.15, 0.2) is 0 Å². The Morgan fingerprint density at radius 2 is 1.78 bits per heavy atom. The van der Waals surface area contributed by atoms with Crippen molar-refractivity contribution >= 4 is 63.2 Å². The highest BCUT2D eigenvalue weighted by Crippen LogP contribution is 2.47. The van der Waals surface area contributed by atoms with E-state index in [-0.39, 0.29) is 5.70 Å². The van der Waals surface area contributed by atoms with Gasteiger partial charge in [-0.05, 0) is 23.8 Å². The zero-order chi connectivity index (χ0) is 25.7. The number of hydrogen-bond donors (Lipinski definition) is 3. The van der Waals surface area contributed by atoms with E-state index in [1.54, 1.807) is 24.3 Å². The van der Waals surface area contributed by atoms with E-state index in [0.29, 0.717) is 21.8 Å². The fourth-order valence-electron chi connectivity index (χ4n) is 4.68. The molecule has 1 saturated heterocycles. The molecule has 8 nitrogen and oxygen atoms in total. The number of benzene rings is 3. The van der Waals surface area contributed by atoms with E-state index in [4.69, 9.17) is 10.2 Å². The second-order valence-corrected chi connectivity index (χ2v) is 10.9. The first kappa shape index (κ1) is 23.7. The van der Waals surface area contributed by atoms with Gasteiger partial charge in [0.1, 0.15) is 34.3 Å². The number of aliphatic carboxylic acids is 1. The molecule has 10 heteroatoms. The van der Waals surface area contributed by atoms with E-state index in [9.17, 15) is 19.5 Å². The number of amides is 2. The fraction of sp³-hybridized carbons (Fsp3) is 0.148. The summed E-state index contributed by atoms with van der Waals surface area (Å²) in [6.45, 7) is 0. The Labute approximate surface area is 219 Å². The van der Waals surface area contributed by atoms with Crippen molar-refractivity contribution < 1.29 is 23.9 Å². The van der Waals surface area contributed by atoms with Gasteiger partial charge in [-0.25, -0.2) is 4.79 Å². The van der Waals surface area contributed by atoms with E-state index < -0.39 is 35.2 Å². The first-order valence-electron chi connectivity index (χ1n) is 11.5. The van der Waals surface area contributed by atoms with Crippen molar-refractivity contribution in [1.29, 1.82) is 0 Å². The molecule has 0 unspecified atom stereocenters. The number of furan rings is 1. The van der Waals surface area contributed by atoms with Gasteiger partial charge in [0.2, 0.25) is 5.91 Å². The lowest BCUT2D eigenvalue weighted by Gasteiger charge is -2.49. The third kappa shape index (κ3) is 3.97. The molecule has 2 amide bonds. The number of carbonyl (C=O) groups excluding carboxylic acids is 2. The molecule has 4 aromatic rings. The van der Waals surface area contributed by atoms with Crippen LogP contribution in [0.2, 0.25) is 0 Å². The normalized spacial score (nSPS) is 20.0. The van der Waals surface area contributed by atoms with E-state index in [0.717, 1.165) is 21.3 Å². The van der Waals surface area contributed by atoms with Crippen LogP contribution in [0.5, 0.6) is 0 Å². The Morgan fingerprint density at radius 1 is 1.05 bits per heavy atom. The molecule has 186 valence electrons. The minimum Gasteiger partial charge on any atom is -0.477 e. The van der Waals surface area contributed by atoms with Crippen LogP contribution in [0.1, 0.15) is 11.6 Å². The Bertz CT molecular complexity index is 1600. The third-order valence-electron chi connectivity index (χ3n) is 6.47. The Morgan fingerprint density at radius 3 is 2.57 bits per heavy atom. The average molecular weight is 532 g/mol. The SMILES string of the molecule is N[C@@H](C(=O)N[C@@H]1C(=O)N2C(C(=O)O)=C(Sc3cccc4oc5ccccc5c34)CS[C@H]12)c1ccccc1. The van der Waals surface area contributed by atoms with Gasteiger partial charge in [-0.3, -0.25) is 14.5 Å². The average Bonchev–Trinajstić information content (AvgIpc) is 3.31. The molecule has 0 saturated carbocycles. The monoisotopic (exact) mass is 531 g/mol. The quantitative estimate of drug-likeness (QED) is 0.318. The second-order valence-electron chi connectivity index (χ2n) is 8.69. The van der Waals surface area contributed by atoms with E-state index in [1.165, 1.54) is 28.4 Å². The number of carbonyl (C=O) groups is 3. The third-order valence-corrected chi connectivity index (χ3v) is 9.08. The molecule has 2 aliphatic rings. The van der Waals surface area contributed by atoms with Crippen molar-refractivity contribution in [3.8, 4) is 0 Å². The van der Waals surface area contributed by atoms with Crippen LogP contribution in [0.25, 0.3) is 21.9 Å². The Balaban J connectivity index is 1.27. The summed E-state index contributed by atoms with van der Waals surface area (Å²) in [6, 6.07) is 20.5. The predicted molar refractivity (Wildman–Crippen MR) is 143 cm³/mol. The van der Waals surface area contributed by atoms with Crippen LogP contribution in [-0.2, 0) is 14.4 Å². The molecule has 1 fully saturated rings. The molecule has 1 aromatic heterocycles. The first-order valence-corrected chi connectivity index (χ1v) is 13.4. The predicted octanol–water partition coefficient (Wildman–Crippen LogP) is 4.07. The van der Waals surface area contributed by atoms with E-state index >= 15 is 0 Å². The van der Waals surface area contributed by atoms with E-state index in [1.807, 2.05) is 48.5 Å². The Hall–Kier alpha value is -3.73. The van der Waals surface area contributed by atoms with Crippen molar-refractivity contribution in [2.75, 3.05) is 5.75 Å². The molecule has 3 atom stereocenters. The topological polar surface area (TPSA) is 126 Å². The van der Waals surface area contributed by atoms with Crippen LogP contribution in [0, 0.1) is 0 Å². The highest BCUT2D eigenvalue weighted by atomic mass is 32.2. The number of carboxylic acid groups (broad SMARTS) is 1. The molecule has 0 bridgehead atoms. The van der Waals surface area contributed by atoms with Crippen molar-refractivity contribution in [2.45, 2.75) is 22.4 Å². The number of para-hydroxylation sites is 1. The maximum absolute atomic E-state index is 13.1. The summed E-state index contributed by atoms with van der Waals surface area (Å²) in [4.78, 5) is 40.8. The summed E-state index contributed by atoms with van der Waals surface area (Å²) >= 11 is 2.74. The smallest absolute Gasteiger partial charge is 0.353 e. The van der Waals surface area contributed by atoms with Crippen molar-refractivity contribution in [3.05, 3.63) is 89.0 Å². The lowest BCUT2D eigenvalue weighted by atomic mass is 10.0. The summed E-state index contributed by atoms with van der Waals surface area (Å²) in [6.07, 6.45) is 0. The highest BCUT2D eigenvalue weighted by molar-refractivity contribution is 8.06. The highest BCUT2D eigenvalue weighted by Gasteiger charge is 2.54. The van der Waals surface area contributed by atoms with Gasteiger partial charge in [0.25, 0.3) is 5.91 Å². The molecule has 0 radical (unpaired) electrons. The van der Waals surface area contributed by atoms with E-state index in [2.05, 4.69) is 5.32 Å². The van der Waals surface area contributed by atoms with Crippen LogP contribution in [0.4, 0.5) is 0 Å². The molecule has 37 heavy (non-hydrogen) atoms. The van der Waals surface area contributed by atoms with Crippen LogP contribution in [0.3, 0.4) is 0 Å². The summed E-state index contributed by atoms with van der Waals surface area (Å²) < 4.78 is 5.96. The number of nitrogens with zero attached hydrogens (tertiary/aromatic N) is 1. The van der Waals surface area contributed by atoms with Crippen molar-refractivity contribution in [2.24, 2.45) is 5.73 Å². The first-order chi connectivity index (χ1) is 17.9. The van der Waals surface area contributed by atoms with Gasteiger partial charge in [-0.1, -0.05) is 66.4 Å². The minimum atomic E-state index is -1.18. The zero-order valence-electron chi connectivity index (χ0n) is 19.3. The number of nitrogens with one attached hydrogen (secondary N) is 1. The van der Waals surface area contributed by atoms with Crippen LogP contribution < -0.4 is 11.1 Å². The molecule has 3 aromatic carbocycles. The molecule has 3 heterocycles. The lowest BCUT2D eigenvalue weighted by Crippen LogP contribution is -2.71. The van der Waals surface area contributed by atoms with Gasteiger partial charge in [0, 0.05) is 26.3 Å². The number of carboxylic acids is 1. The number of fused-ring (bicyclic) bond motifs is 4. The molecule has 0 aliphatic carbocycles. The van der Waals surface area contributed by atoms with Crippen LogP contribution in [0.15, 0.2) is 92.7 Å². The minimum absolute atomic E-state index is 0.0542. The maximum Gasteiger partial charge on any atom is 0.353 e. The molecular weight excluding hydrogens is 510 g/mol. The van der Waals surface area contributed by atoms with Crippen LogP contribution >= 0.6 is 23.5 Å². The molecule has 2 aliphatic heterocycles. The zero-order valence-corrected chi connectivity index (χ0v) is 20.9. The number of β-lactam (4-membered cyclic amide) rings is 1. The summed E-state index contributed by atoms with van der Waals surface area (Å²) in [7, 11) is 0. The van der Waals surface area contributed by atoms with Gasteiger partial charge in [-0.2, -0.15) is 0 Å². The molecule has 4 N–H and O–H groups in total. The Kier molecular flexibility index (Phi) is 5.94. The van der Waals surface area contributed by atoms with Gasteiger partial charge in [-0.15, -0.1) is 11.8 Å². The van der Waals surface area contributed by atoms with Gasteiger partial charge < -0.3 is 20.6 Å². The summed E-state index contributed by atoms with van der Waals surface area (Å²) in [5.41, 5.74) is 8.12. The number of nitrogens with two attached hydrogens (primary N) is 1. The summed E-state index contributed by atoms with van der Waals surface area (Å²) in [5, 5.41) is 14.1. The number of hydrogen-bond acceptors (Lipinski definition) is 7. The maximum atomic E-state index is 13.1. The lowest BCUT2D eigenvalue weighted by molar-refractivity contribution is -0.150. The summed E-state index contributed by atoms with van der Waals surface area (Å²) in [5.74, 6) is -1.75. The molecule has 0 spiro atoms. The molecular formula is C27H21N3O5S2. The number of rotatable bonds is 6. The standard InChI is InChI=1S/C27H21N3O5S2/c28-21(14-7-2-1-3-8-14)24(31)29-22-25(32)30-23(27(33)34)19(13-36-26(22)30)37-18-12-6-11-17-20(18)15-9-4-5-10-16(15)35-17/h1-12,21-22,26H,13,28H2,(H,29,31)(H,33,34)/t21-,22-,26-/m1/s1.